The van der Waals surface area contributed by atoms with Crippen LogP contribution in [-0.2, 0) is 0 Å². The predicted molar refractivity (Wildman–Crippen MR) is 66.7 cm³/mol. The SMILES string of the molecule is CCN(CC)C(=O)Nc1c(O)cccc1[N+](=O)[O-]. The van der Waals surface area contributed by atoms with E-state index >= 15 is 0 Å². The van der Waals surface area contributed by atoms with E-state index in [-0.39, 0.29) is 17.1 Å². The van der Waals surface area contributed by atoms with Gasteiger partial charge >= 0.3 is 6.03 Å². The molecule has 18 heavy (non-hydrogen) atoms. The van der Waals surface area contributed by atoms with Gasteiger partial charge in [0.2, 0.25) is 0 Å². The summed E-state index contributed by atoms with van der Waals surface area (Å²) in [5.41, 5.74) is -0.519. The maximum absolute atomic E-state index is 11.8. The molecule has 0 aliphatic rings. The van der Waals surface area contributed by atoms with Gasteiger partial charge < -0.3 is 10.0 Å². The molecular formula is C11H15N3O4. The molecule has 1 rings (SSSR count). The van der Waals surface area contributed by atoms with Crippen molar-refractivity contribution < 1.29 is 14.8 Å². The molecule has 2 N–H and O–H groups in total. The van der Waals surface area contributed by atoms with Gasteiger partial charge in [-0.1, -0.05) is 6.07 Å². The van der Waals surface area contributed by atoms with Crippen LogP contribution in [0, 0.1) is 10.1 Å². The second-order valence-electron chi connectivity index (χ2n) is 3.53. The minimum atomic E-state index is -0.655. The number of carbonyl (C=O) groups excluding carboxylic acids is 1. The molecule has 7 heteroatoms. The molecule has 0 aromatic heterocycles. The average molecular weight is 253 g/mol. The maximum Gasteiger partial charge on any atom is 0.322 e. The van der Waals surface area contributed by atoms with Crippen molar-refractivity contribution in [2.75, 3.05) is 18.4 Å². The number of amides is 2. The van der Waals surface area contributed by atoms with Crippen molar-refractivity contribution in [3.05, 3.63) is 28.3 Å². The molecule has 0 bridgehead atoms. The van der Waals surface area contributed by atoms with Crippen molar-refractivity contribution in [3.8, 4) is 5.75 Å². The van der Waals surface area contributed by atoms with Gasteiger partial charge in [-0.25, -0.2) is 4.79 Å². The number of nitrogens with zero attached hydrogens (tertiary/aromatic N) is 2. The number of aromatic hydroxyl groups is 1. The van der Waals surface area contributed by atoms with Crippen molar-refractivity contribution in [2.45, 2.75) is 13.8 Å². The standard InChI is InChI=1S/C11H15N3O4/c1-3-13(4-2)11(16)12-10-8(14(17)18)6-5-7-9(10)15/h5-7,15H,3-4H2,1-2H3,(H,12,16). The third kappa shape index (κ3) is 2.88. The zero-order chi connectivity index (χ0) is 13.7. The first-order valence-electron chi connectivity index (χ1n) is 5.53. The summed E-state index contributed by atoms with van der Waals surface area (Å²) < 4.78 is 0. The van der Waals surface area contributed by atoms with Crippen LogP contribution in [0.4, 0.5) is 16.2 Å². The number of hydrogen-bond donors (Lipinski definition) is 2. The number of anilines is 1. The van der Waals surface area contributed by atoms with Crippen LogP contribution < -0.4 is 5.32 Å². The summed E-state index contributed by atoms with van der Waals surface area (Å²) >= 11 is 0. The first-order valence-corrected chi connectivity index (χ1v) is 5.53. The summed E-state index contributed by atoms with van der Waals surface area (Å²) in [6.07, 6.45) is 0. The highest BCUT2D eigenvalue weighted by atomic mass is 16.6. The van der Waals surface area contributed by atoms with E-state index in [4.69, 9.17) is 0 Å². The van der Waals surface area contributed by atoms with Crippen molar-refractivity contribution >= 4 is 17.4 Å². The molecular weight excluding hydrogens is 238 g/mol. The van der Waals surface area contributed by atoms with E-state index < -0.39 is 11.0 Å². The molecule has 0 fully saturated rings. The largest absolute Gasteiger partial charge is 0.505 e. The molecule has 0 aliphatic carbocycles. The molecule has 0 unspecified atom stereocenters. The normalized spacial score (nSPS) is 9.89. The van der Waals surface area contributed by atoms with Crippen LogP contribution in [0.15, 0.2) is 18.2 Å². The topological polar surface area (TPSA) is 95.7 Å². The number of nitrogens with one attached hydrogen (secondary N) is 1. The second kappa shape index (κ2) is 5.85. The van der Waals surface area contributed by atoms with E-state index in [1.54, 1.807) is 13.8 Å². The maximum atomic E-state index is 11.8. The number of rotatable bonds is 4. The zero-order valence-corrected chi connectivity index (χ0v) is 10.2. The van der Waals surface area contributed by atoms with E-state index in [1.807, 2.05) is 0 Å². The van der Waals surface area contributed by atoms with Gasteiger partial charge in [-0.05, 0) is 19.9 Å². The molecule has 0 atom stereocenters. The molecule has 0 saturated carbocycles. The molecule has 7 nitrogen and oxygen atoms in total. The highest BCUT2D eigenvalue weighted by Gasteiger charge is 2.21. The third-order valence-electron chi connectivity index (χ3n) is 2.50. The van der Waals surface area contributed by atoms with E-state index in [1.165, 1.54) is 23.1 Å². The highest BCUT2D eigenvalue weighted by molar-refractivity contribution is 5.93. The Morgan fingerprint density at radius 2 is 2.06 bits per heavy atom. The lowest BCUT2D eigenvalue weighted by Gasteiger charge is -2.19. The van der Waals surface area contributed by atoms with Gasteiger partial charge in [0.25, 0.3) is 5.69 Å². The monoisotopic (exact) mass is 253 g/mol. The molecule has 0 radical (unpaired) electrons. The van der Waals surface area contributed by atoms with Crippen molar-refractivity contribution in [2.24, 2.45) is 0 Å². The quantitative estimate of drug-likeness (QED) is 0.488. The minimum absolute atomic E-state index is 0.181. The van der Waals surface area contributed by atoms with Gasteiger partial charge in [0, 0.05) is 19.2 Å². The summed E-state index contributed by atoms with van der Waals surface area (Å²) in [4.78, 5) is 23.4. The Morgan fingerprint density at radius 1 is 1.44 bits per heavy atom. The number of benzene rings is 1. The summed E-state index contributed by atoms with van der Waals surface area (Å²) in [5, 5.41) is 22.7. The summed E-state index contributed by atoms with van der Waals surface area (Å²) in [7, 11) is 0. The van der Waals surface area contributed by atoms with Gasteiger partial charge in [-0.2, -0.15) is 0 Å². The van der Waals surface area contributed by atoms with Gasteiger partial charge in [-0.15, -0.1) is 0 Å². The lowest BCUT2D eigenvalue weighted by Crippen LogP contribution is -2.34. The van der Waals surface area contributed by atoms with Gasteiger partial charge in [0.05, 0.1) is 4.92 Å². The van der Waals surface area contributed by atoms with Crippen LogP contribution >= 0.6 is 0 Å². The number of urea groups is 1. The first kappa shape index (κ1) is 13.8. The Morgan fingerprint density at radius 3 is 2.56 bits per heavy atom. The number of hydrogen-bond acceptors (Lipinski definition) is 4. The Kier molecular flexibility index (Phi) is 4.47. The Bertz CT molecular complexity index is 458. The molecule has 1 aromatic rings. The summed E-state index contributed by atoms with van der Waals surface area (Å²) in [6, 6.07) is 3.37. The van der Waals surface area contributed by atoms with Gasteiger partial charge in [0.15, 0.2) is 5.69 Å². The van der Waals surface area contributed by atoms with Crippen LogP contribution in [0.1, 0.15) is 13.8 Å². The Balaban J connectivity index is 3.03. The smallest absolute Gasteiger partial charge is 0.322 e. The van der Waals surface area contributed by atoms with E-state index in [2.05, 4.69) is 5.32 Å². The Labute approximate surface area is 104 Å². The fourth-order valence-corrected chi connectivity index (χ4v) is 1.51. The average Bonchev–Trinajstić information content (AvgIpc) is 2.33. The molecule has 98 valence electrons. The molecule has 0 aliphatic heterocycles. The number of para-hydroxylation sites is 1. The molecule has 1 aromatic carbocycles. The molecule has 0 spiro atoms. The predicted octanol–water partition coefficient (Wildman–Crippen LogP) is 2.17. The van der Waals surface area contributed by atoms with Crippen LogP contribution in [0.5, 0.6) is 5.75 Å². The van der Waals surface area contributed by atoms with Crippen LogP contribution in [0.3, 0.4) is 0 Å². The zero-order valence-electron chi connectivity index (χ0n) is 10.2. The second-order valence-corrected chi connectivity index (χ2v) is 3.53. The summed E-state index contributed by atoms with van der Waals surface area (Å²) in [6.45, 7) is 4.54. The molecule has 0 saturated heterocycles. The lowest BCUT2D eigenvalue weighted by atomic mass is 10.2. The van der Waals surface area contributed by atoms with Crippen molar-refractivity contribution in [3.63, 3.8) is 0 Å². The third-order valence-corrected chi connectivity index (χ3v) is 2.50. The first-order chi connectivity index (χ1) is 8.51. The minimum Gasteiger partial charge on any atom is -0.505 e. The van der Waals surface area contributed by atoms with E-state index in [9.17, 15) is 20.0 Å². The van der Waals surface area contributed by atoms with Crippen LogP contribution in [-0.4, -0.2) is 34.1 Å². The van der Waals surface area contributed by atoms with Gasteiger partial charge in [0.1, 0.15) is 5.75 Å². The van der Waals surface area contributed by atoms with Crippen molar-refractivity contribution in [1.29, 1.82) is 0 Å². The number of phenolic OH excluding ortho intramolecular Hbond substituents is 1. The fraction of sp³-hybridized carbons (Fsp3) is 0.364. The number of phenols is 1. The molecule has 0 heterocycles. The molecule has 2 amide bonds. The van der Waals surface area contributed by atoms with Crippen LogP contribution in [0.25, 0.3) is 0 Å². The van der Waals surface area contributed by atoms with E-state index in [0.717, 1.165) is 0 Å². The fourth-order valence-electron chi connectivity index (χ4n) is 1.51. The number of nitro benzene ring substituents is 1. The van der Waals surface area contributed by atoms with Crippen molar-refractivity contribution in [1.82, 2.24) is 4.90 Å². The number of carbonyl (C=O) groups is 1. The number of nitro groups is 1. The highest BCUT2D eigenvalue weighted by Crippen LogP contribution is 2.33. The van der Waals surface area contributed by atoms with E-state index in [0.29, 0.717) is 13.1 Å². The lowest BCUT2D eigenvalue weighted by molar-refractivity contribution is -0.384. The van der Waals surface area contributed by atoms with Crippen LogP contribution in [0.2, 0.25) is 0 Å². The Hall–Kier alpha value is -2.31. The van der Waals surface area contributed by atoms with Gasteiger partial charge in [-0.3, -0.25) is 15.4 Å². The summed E-state index contributed by atoms with van der Waals surface area (Å²) in [5.74, 6) is -0.329.